The van der Waals surface area contributed by atoms with Gasteiger partial charge in [0.25, 0.3) is 0 Å². The van der Waals surface area contributed by atoms with Crippen molar-refractivity contribution in [2.24, 2.45) is 0 Å². The summed E-state index contributed by atoms with van der Waals surface area (Å²) >= 11 is 9.51. The van der Waals surface area contributed by atoms with E-state index < -0.39 is 0 Å². The van der Waals surface area contributed by atoms with Gasteiger partial charge < -0.3 is 14.8 Å². The van der Waals surface area contributed by atoms with Crippen LogP contribution in [0.2, 0.25) is 5.02 Å². The number of benzene rings is 1. The predicted octanol–water partition coefficient (Wildman–Crippen LogP) is 4.03. The summed E-state index contributed by atoms with van der Waals surface area (Å²) in [6, 6.07) is 5.61. The highest BCUT2D eigenvalue weighted by molar-refractivity contribution is 9.10. The molecular formula is C15H21BrClNO2. The van der Waals surface area contributed by atoms with Gasteiger partial charge in [0, 0.05) is 11.0 Å². The maximum absolute atomic E-state index is 6.10. The molecule has 0 radical (unpaired) electrons. The molecule has 0 aliphatic carbocycles. The molecule has 1 N–H and O–H groups in total. The van der Waals surface area contributed by atoms with E-state index in [2.05, 4.69) is 28.2 Å². The van der Waals surface area contributed by atoms with Gasteiger partial charge in [0.2, 0.25) is 0 Å². The van der Waals surface area contributed by atoms with Gasteiger partial charge in [-0.15, -0.1) is 0 Å². The molecule has 0 spiro atoms. The summed E-state index contributed by atoms with van der Waals surface area (Å²) in [5.74, 6) is 0.706. The van der Waals surface area contributed by atoms with Crippen LogP contribution in [0.15, 0.2) is 22.7 Å². The standard InChI is InChI=1S/C15H21BrClNO2/c1-2-7-18-9-12-4-5-13(20-12)10-19-15-8-11(16)3-6-14(15)17/h3,6,8,12-13,18H,2,4-5,7,9-10H2,1H3. The largest absolute Gasteiger partial charge is 0.489 e. The van der Waals surface area contributed by atoms with Crippen molar-refractivity contribution in [3.05, 3.63) is 27.7 Å². The van der Waals surface area contributed by atoms with Crippen LogP contribution in [0.1, 0.15) is 26.2 Å². The van der Waals surface area contributed by atoms with E-state index in [0.29, 0.717) is 23.5 Å². The van der Waals surface area contributed by atoms with Crippen LogP contribution in [0.25, 0.3) is 0 Å². The highest BCUT2D eigenvalue weighted by atomic mass is 79.9. The second-order valence-electron chi connectivity index (χ2n) is 5.05. The molecule has 2 unspecified atom stereocenters. The zero-order valence-electron chi connectivity index (χ0n) is 11.7. The summed E-state index contributed by atoms with van der Waals surface area (Å²) in [6.07, 6.45) is 3.77. The van der Waals surface area contributed by atoms with E-state index in [4.69, 9.17) is 21.1 Å². The van der Waals surface area contributed by atoms with Gasteiger partial charge in [-0.2, -0.15) is 0 Å². The van der Waals surface area contributed by atoms with Crippen molar-refractivity contribution in [3.8, 4) is 5.75 Å². The second kappa shape index (κ2) is 8.23. The van der Waals surface area contributed by atoms with E-state index in [1.807, 2.05) is 18.2 Å². The van der Waals surface area contributed by atoms with Gasteiger partial charge in [0.05, 0.1) is 17.2 Å². The van der Waals surface area contributed by atoms with Crippen LogP contribution in [-0.2, 0) is 4.74 Å². The fourth-order valence-electron chi connectivity index (χ4n) is 2.26. The lowest BCUT2D eigenvalue weighted by atomic mass is 10.2. The van der Waals surface area contributed by atoms with Gasteiger partial charge in [0.1, 0.15) is 12.4 Å². The molecule has 0 saturated carbocycles. The van der Waals surface area contributed by atoms with Crippen LogP contribution in [0.4, 0.5) is 0 Å². The molecule has 0 amide bonds. The highest BCUT2D eigenvalue weighted by Gasteiger charge is 2.25. The van der Waals surface area contributed by atoms with E-state index in [9.17, 15) is 0 Å². The fraction of sp³-hybridized carbons (Fsp3) is 0.600. The average molecular weight is 363 g/mol. The van der Waals surface area contributed by atoms with Crippen LogP contribution in [0.3, 0.4) is 0 Å². The van der Waals surface area contributed by atoms with Crippen LogP contribution < -0.4 is 10.1 Å². The number of ether oxygens (including phenoxy) is 2. The first-order valence-electron chi connectivity index (χ1n) is 7.13. The van der Waals surface area contributed by atoms with Crippen LogP contribution in [0, 0.1) is 0 Å². The molecule has 1 fully saturated rings. The molecule has 1 heterocycles. The SMILES string of the molecule is CCCNCC1CCC(COc2cc(Br)ccc2Cl)O1. The number of halogens is 2. The van der Waals surface area contributed by atoms with E-state index in [-0.39, 0.29) is 6.10 Å². The lowest BCUT2D eigenvalue weighted by Gasteiger charge is -2.15. The van der Waals surface area contributed by atoms with Crippen molar-refractivity contribution in [2.75, 3.05) is 19.7 Å². The molecule has 5 heteroatoms. The van der Waals surface area contributed by atoms with Crippen LogP contribution >= 0.6 is 27.5 Å². The lowest BCUT2D eigenvalue weighted by Crippen LogP contribution is -2.28. The van der Waals surface area contributed by atoms with E-state index in [0.717, 1.165) is 36.8 Å². The Bertz CT molecular complexity index is 430. The number of hydrogen-bond acceptors (Lipinski definition) is 3. The summed E-state index contributed by atoms with van der Waals surface area (Å²) in [5, 5.41) is 4.03. The molecule has 1 aliphatic rings. The monoisotopic (exact) mass is 361 g/mol. The Hall–Kier alpha value is -0.290. The molecule has 1 saturated heterocycles. The molecule has 0 aromatic heterocycles. The molecule has 0 bridgehead atoms. The average Bonchev–Trinajstić information content (AvgIpc) is 2.88. The second-order valence-corrected chi connectivity index (χ2v) is 6.37. The lowest BCUT2D eigenvalue weighted by molar-refractivity contribution is 0.0187. The first-order valence-corrected chi connectivity index (χ1v) is 8.30. The first kappa shape index (κ1) is 16.1. The Morgan fingerprint density at radius 2 is 2.20 bits per heavy atom. The van der Waals surface area contributed by atoms with Gasteiger partial charge in [-0.05, 0) is 44.0 Å². The molecule has 2 rings (SSSR count). The Labute approximate surface area is 134 Å². The Morgan fingerprint density at radius 1 is 1.40 bits per heavy atom. The van der Waals surface area contributed by atoms with Crippen molar-refractivity contribution < 1.29 is 9.47 Å². The Balaban J connectivity index is 1.74. The van der Waals surface area contributed by atoms with Gasteiger partial charge >= 0.3 is 0 Å². The Morgan fingerprint density at radius 3 is 3.00 bits per heavy atom. The summed E-state index contributed by atoms with van der Waals surface area (Å²) in [4.78, 5) is 0. The van der Waals surface area contributed by atoms with Crippen LogP contribution in [-0.4, -0.2) is 31.9 Å². The first-order chi connectivity index (χ1) is 9.69. The maximum Gasteiger partial charge on any atom is 0.139 e. The zero-order chi connectivity index (χ0) is 14.4. The third kappa shape index (κ3) is 4.92. The molecule has 2 atom stereocenters. The van der Waals surface area contributed by atoms with E-state index >= 15 is 0 Å². The fourth-order valence-corrected chi connectivity index (χ4v) is 2.78. The molecule has 3 nitrogen and oxygen atoms in total. The molecule has 112 valence electrons. The minimum absolute atomic E-state index is 0.165. The van der Waals surface area contributed by atoms with E-state index in [1.54, 1.807) is 0 Å². The third-order valence-electron chi connectivity index (χ3n) is 3.31. The minimum Gasteiger partial charge on any atom is -0.489 e. The summed E-state index contributed by atoms with van der Waals surface area (Å²) in [7, 11) is 0. The predicted molar refractivity (Wildman–Crippen MR) is 85.7 cm³/mol. The van der Waals surface area contributed by atoms with Gasteiger partial charge in [-0.3, -0.25) is 0 Å². The number of rotatable bonds is 7. The van der Waals surface area contributed by atoms with Crippen molar-refractivity contribution in [3.63, 3.8) is 0 Å². The van der Waals surface area contributed by atoms with Crippen molar-refractivity contribution >= 4 is 27.5 Å². The van der Waals surface area contributed by atoms with E-state index in [1.165, 1.54) is 0 Å². The molecular weight excluding hydrogens is 342 g/mol. The van der Waals surface area contributed by atoms with Gasteiger partial charge in [-0.25, -0.2) is 0 Å². The summed E-state index contributed by atoms with van der Waals surface area (Å²) in [6.45, 7) is 4.71. The molecule has 1 aromatic carbocycles. The van der Waals surface area contributed by atoms with Crippen LogP contribution in [0.5, 0.6) is 5.75 Å². The smallest absolute Gasteiger partial charge is 0.139 e. The van der Waals surface area contributed by atoms with Crippen molar-refractivity contribution in [1.82, 2.24) is 5.32 Å². The normalized spacial score (nSPS) is 22.1. The van der Waals surface area contributed by atoms with Crippen molar-refractivity contribution in [2.45, 2.75) is 38.4 Å². The molecule has 20 heavy (non-hydrogen) atoms. The Kier molecular flexibility index (Phi) is 6.62. The highest BCUT2D eigenvalue weighted by Crippen LogP contribution is 2.29. The summed E-state index contributed by atoms with van der Waals surface area (Å²) in [5.41, 5.74) is 0. The summed E-state index contributed by atoms with van der Waals surface area (Å²) < 4.78 is 12.7. The zero-order valence-corrected chi connectivity index (χ0v) is 14.0. The van der Waals surface area contributed by atoms with Crippen molar-refractivity contribution in [1.29, 1.82) is 0 Å². The molecule has 1 aromatic rings. The number of hydrogen-bond donors (Lipinski definition) is 1. The maximum atomic E-state index is 6.10. The van der Waals surface area contributed by atoms with Gasteiger partial charge in [0.15, 0.2) is 0 Å². The minimum atomic E-state index is 0.165. The number of nitrogens with one attached hydrogen (secondary N) is 1. The third-order valence-corrected chi connectivity index (χ3v) is 4.12. The topological polar surface area (TPSA) is 30.5 Å². The molecule has 1 aliphatic heterocycles. The quantitative estimate of drug-likeness (QED) is 0.743. The van der Waals surface area contributed by atoms with Gasteiger partial charge in [-0.1, -0.05) is 34.5 Å².